The van der Waals surface area contributed by atoms with Gasteiger partial charge in [-0.3, -0.25) is 0 Å². The van der Waals surface area contributed by atoms with Crippen molar-refractivity contribution in [2.45, 2.75) is 107 Å². The molecule has 402 valence electrons. The summed E-state index contributed by atoms with van der Waals surface area (Å²) in [4.78, 5) is 0. The molecule has 75 heavy (non-hydrogen) atoms. The van der Waals surface area contributed by atoms with Gasteiger partial charge in [-0.15, -0.1) is 0 Å². The zero-order valence-electron chi connectivity index (χ0n) is 42.7. The van der Waals surface area contributed by atoms with Crippen molar-refractivity contribution in [3.05, 3.63) is 211 Å². The third-order valence-corrected chi connectivity index (χ3v) is 31.7. The summed E-state index contributed by atoms with van der Waals surface area (Å²) >= 11 is 0. The molecule has 3 aliphatic heterocycles. The molecular weight excluding hydrogens is 1260 g/mol. The summed E-state index contributed by atoms with van der Waals surface area (Å²) in [6.45, 7) is 6.59. The first-order valence-electron chi connectivity index (χ1n) is 24.8. The zero-order chi connectivity index (χ0) is 52.0. The van der Waals surface area contributed by atoms with Gasteiger partial charge in [0.2, 0.25) is 0 Å². The first kappa shape index (κ1) is 64.2. The molecule has 9 rings (SSSR count). The van der Waals surface area contributed by atoms with E-state index in [1.54, 1.807) is 0 Å². The van der Waals surface area contributed by atoms with Gasteiger partial charge in [0.25, 0.3) is 0 Å². The third kappa shape index (κ3) is 26.4. The van der Waals surface area contributed by atoms with E-state index >= 15 is 0 Å². The monoisotopic (exact) mass is 1330 g/mol. The Morgan fingerprint density at radius 2 is 0.413 bits per heavy atom. The Morgan fingerprint density at radius 1 is 0.240 bits per heavy atom. The average Bonchev–Trinajstić information content (AvgIpc) is 3.42. The standard InChI is InChI=1S/C37H40S12.C16H16S4.C4H10S2/c1-2-38-39-18-29-7-30-9-31(8-29)22-45-47-24-35-11-33-13-37(15-35)26-49-48-25-36-12-32(10-34(14-36)23-46-44-21-30)19-42-40-16-27-4-3-5-28(6-27)17-41-43-20-33;1-3-13-7-14(4-1)10-18-20-12-16-6-2-5-15(8-16)11-19-17-9-13;1-3-5-6-4-2/h3-15H,2,16-26H2,1H3;1-8H,9-12H2;3-4H2,1-2H3. The molecule has 0 aliphatic carbocycles. The molecule has 6 aromatic carbocycles. The van der Waals surface area contributed by atoms with Crippen LogP contribution in [0.25, 0.3) is 0 Å². The predicted octanol–water partition coefficient (Wildman–Crippen LogP) is 24.2. The number of fused-ring (bicyclic) bond motifs is 15. The molecule has 3 aliphatic rings. The Morgan fingerprint density at radius 3 is 0.627 bits per heavy atom. The van der Waals surface area contributed by atoms with E-state index in [-0.39, 0.29) is 0 Å². The first-order valence-corrected chi connectivity index (χ1v) is 47.2. The highest BCUT2D eigenvalue weighted by atomic mass is 33.1. The fraction of sp³-hybridized carbons (Fsp3) is 0.368. The lowest BCUT2D eigenvalue weighted by molar-refractivity contribution is 1.27. The summed E-state index contributed by atoms with van der Waals surface area (Å²) in [5, 5.41) is 0. The highest BCUT2D eigenvalue weighted by Gasteiger charge is 2.11. The molecule has 0 N–H and O–H groups in total. The summed E-state index contributed by atoms with van der Waals surface area (Å²) in [5.41, 5.74) is 21.8. The van der Waals surface area contributed by atoms with Crippen LogP contribution in [0.4, 0.5) is 0 Å². The molecule has 0 saturated carbocycles. The van der Waals surface area contributed by atoms with E-state index in [4.69, 9.17) is 0 Å². The molecule has 0 unspecified atom stereocenters. The number of rotatable bonds is 7. The third-order valence-electron chi connectivity index (χ3n) is 10.8. The molecule has 14 bridgehead atoms. The van der Waals surface area contributed by atoms with Crippen LogP contribution in [0.2, 0.25) is 0 Å². The SMILES string of the molecule is CCSSCC.CCSSCc1cc2cc(c1)CSSCc1cc3cc(c1)CSSCc1cc(cc(c1)CSSC2)CSSCc1cccc(c1)CSSC3.c1cc2cc(c1)CSSCc1cccc(c1)CSSC2. The second kappa shape index (κ2) is 39.2. The molecule has 0 aromatic heterocycles. The Balaban J connectivity index is 0.000000258. The molecular formula is C57H66S18. The molecule has 0 saturated heterocycles. The summed E-state index contributed by atoms with van der Waals surface area (Å²) in [7, 11) is 35.7. The van der Waals surface area contributed by atoms with E-state index in [2.05, 4.69) is 148 Å². The Bertz CT molecular complexity index is 2370. The molecule has 0 radical (unpaired) electrons. The lowest BCUT2D eigenvalue weighted by Crippen LogP contribution is -1.91. The summed E-state index contributed by atoms with van der Waals surface area (Å²) < 4.78 is 0. The van der Waals surface area contributed by atoms with Gasteiger partial charge in [-0.05, 0) is 83.5 Å². The molecule has 3 heterocycles. The van der Waals surface area contributed by atoms with E-state index < -0.39 is 0 Å². The van der Waals surface area contributed by atoms with E-state index in [0.29, 0.717) is 0 Å². The molecule has 0 spiro atoms. The van der Waals surface area contributed by atoms with Gasteiger partial charge in [0.05, 0.1) is 0 Å². The summed E-state index contributed by atoms with van der Waals surface area (Å²) in [6.07, 6.45) is 0. The molecule has 0 amide bonds. The van der Waals surface area contributed by atoms with E-state index in [9.17, 15) is 0 Å². The largest absolute Gasteiger partial charge is 0.0945 e. The molecule has 0 fully saturated rings. The van der Waals surface area contributed by atoms with Crippen LogP contribution in [-0.2, 0) is 86.3 Å². The lowest BCUT2D eigenvalue weighted by Gasteiger charge is -2.11. The molecule has 6 aromatic rings. The fourth-order valence-electron chi connectivity index (χ4n) is 7.59. The first-order chi connectivity index (χ1) is 37.0. The Kier molecular flexibility index (Phi) is 33.6. The lowest BCUT2D eigenvalue weighted by atomic mass is 10.1. The minimum Gasteiger partial charge on any atom is -0.0945 e. The molecule has 0 atom stereocenters. The van der Waals surface area contributed by atoms with Crippen molar-refractivity contribution in [2.75, 3.05) is 17.3 Å². The van der Waals surface area contributed by atoms with Crippen LogP contribution < -0.4 is 0 Å². The Hall–Kier alpha value is 1.62. The van der Waals surface area contributed by atoms with Crippen molar-refractivity contribution in [3.63, 3.8) is 0 Å². The number of hydrogen-bond acceptors (Lipinski definition) is 18. The minimum absolute atomic E-state index is 1.04. The second-order valence-corrected chi connectivity index (χ2v) is 40.1. The van der Waals surface area contributed by atoms with Gasteiger partial charge in [-0.2, -0.15) is 0 Å². The highest BCUT2D eigenvalue weighted by molar-refractivity contribution is 8.78. The van der Waals surface area contributed by atoms with Crippen molar-refractivity contribution < 1.29 is 0 Å². The van der Waals surface area contributed by atoms with Crippen molar-refractivity contribution in [2.24, 2.45) is 0 Å². The van der Waals surface area contributed by atoms with Gasteiger partial charge >= 0.3 is 0 Å². The van der Waals surface area contributed by atoms with Crippen molar-refractivity contribution in [1.82, 2.24) is 0 Å². The smallest absolute Gasteiger partial charge is 0.0289 e. The average molecular weight is 1330 g/mol. The maximum atomic E-state index is 2.47. The van der Waals surface area contributed by atoms with E-state index in [1.165, 1.54) is 95.0 Å². The molecule has 0 nitrogen and oxygen atoms in total. The number of hydrogen-bond donors (Lipinski definition) is 0. The molecule has 18 heteroatoms. The van der Waals surface area contributed by atoms with Crippen LogP contribution >= 0.6 is 194 Å². The maximum Gasteiger partial charge on any atom is 0.0289 e. The van der Waals surface area contributed by atoms with E-state index in [0.717, 1.165) is 92.0 Å². The Labute approximate surface area is 522 Å². The minimum atomic E-state index is 1.04. The van der Waals surface area contributed by atoms with Crippen LogP contribution in [0.1, 0.15) is 104 Å². The predicted molar refractivity (Wildman–Crippen MR) is 382 cm³/mol. The zero-order valence-corrected chi connectivity index (χ0v) is 57.4. The van der Waals surface area contributed by atoms with Crippen LogP contribution in [0.15, 0.2) is 127 Å². The highest BCUT2D eigenvalue weighted by Crippen LogP contribution is 2.40. The van der Waals surface area contributed by atoms with Crippen LogP contribution in [0.5, 0.6) is 0 Å². The topological polar surface area (TPSA) is 0 Å². The van der Waals surface area contributed by atoms with Gasteiger partial charge in [0.1, 0.15) is 0 Å². The van der Waals surface area contributed by atoms with Crippen LogP contribution in [0, 0.1) is 0 Å². The quantitative estimate of drug-likeness (QED) is 0.110. The number of benzene rings is 6. The van der Waals surface area contributed by atoms with Crippen LogP contribution in [0.3, 0.4) is 0 Å². The second-order valence-electron chi connectivity index (χ2n) is 17.1. The maximum absolute atomic E-state index is 2.47. The van der Waals surface area contributed by atoms with Crippen molar-refractivity contribution >= 4 is 194 Å². The van der Waals surface area contributed by atoms with Crippen LogP contribution in [-0.4, -0.2) is 17.3 Å². The van der Waals surface area contributed by atoms with Crippen molar-refractivity contribution in [1.29, 1.82) is 0 Å². The van der Waals surface area contributed by atoms with Gasteiger partial charge < -0.3 is 0 Å². The summed E-state index contributed by atoms with van der Waals surface area (Å²) in [6, 6.07) is 49.4. The van der Waals surface area contributed by atoms with Crippen molar-refractivity contribution in [3.8, 4) is 0 Å². The van der Waals surface area contributed by atoms with Gasteiger partial charge in [0.15, 0.2) is 0 Å². The fourth-order valence-corrected chi connectivity index (χ4v) is 25.3. The normalized spacial score (nSPS) is 16.2. The van der Waals surface area contributed by atoms with Gasteiger partial charge in [-0.1, -0.05) is 342 Å². The van der Waals surface area contributed by atoms with E-state index in [1.807, 2.05) is 194 Å². The van der Waals surface area contributed by atoms with Gasteiger partial charge in [-0.25, -0.2) is 0 Å². The summed E-state index contributed by atoms with van der Waals surface area (Å²) in [5.74, 6) is 19.5. The van der Waals surface area contributed by atoms with Gasteiger partial charge in [0, 0.05) is 104 Å².